The molecule has 96 valence electrons. The predicted octanol–water partition coefficient (Wildman–Crippen LogP) is 4.21. The Balaban J connectivity index is 2.13. The van der Waals surface area contributed by atoms with E-state index in [-0.39, 0.29) is 0 Å². The number of nitrogens with zero attached hydrogens (tertiary/aromatic N) is 2. The first-order valence-electron chi connectivity index (χ1n) is 5.94. The van der Waals surface area contributed by atoms with Crippen LogP contribution in [-0.2, 0) is 6.54 Å². The Hall–Kier alpha value is -1.46. The van der Waals surface area contributed by atoms with Crippen LogP contribution in [0.15, 0.2) is 41.0 Å². The van der Waals surface area contributed by atoms with Gasteiger partial charge in [0.1, 0.15) is 0 Å². The van der Waals surface area contributed by atoms with Crippen molar-refractivity contribution >= 4 is 39.3 Å². The van der Waals surface area contributed by atoms with E-state index in [4.69, 9.17) is 12.2 Å². The normalized spacial score (nSPS) is 11.1. The summed E-state index contributed by atoms with van der Waals surface area (Å²) >= 11 is 8.89. The van der Waals surface area contributed by atoms with Crippen molar-refractivity contribution in [2.45, 2.75) is 13.5 Å². The first kappa shape index (κ1) is 12.6. The number of fused-ring (bicyclic) bond motifs is 1. The summed E-state index contributed by atoms with van der Waals surface area (Å²) in [4.78, 5) is 7.67. The zero-order valence-electron chi connectivity index (χ0n) is 10.4. The van der Waals surface area contributed by atoms with Crippen LogP contribution in [0.2, 0.25) is 0 Å². The number of hydrogen-bond acceptors (Lipinski definition) is 2. The molecule has 3 rings (SSSR count). The van der Waals surface area contributed by atoms with E-state index < -0.39 is 0 Å². The third-order valence-electron chi connectivity index (χ3n) is 3.10. The quantitative estimate of drug-likeness (QED) is 0.712. The molecule has 19 heavy (non-hydrogen) atoms. The Labute approximate surface area is 124 Å². The molecule has 0 atom stereocenters. The molecule has 0 radical (unpaired) electrons. The minimum absolute atomic E-state index is 0.705. The zero-order valence-corrected chi connectivity index (χ0v) is 12.8. The van der Waals surface area contributed by atoms with Crippen LogP contribution >= 0.6 is 28.1 Å². The lowest BCUT2D eigenvalue weighted by molar-refractivity contribution is 0.800. The molecular formula is C14H12BrN3S. The summed E-state index contributed by atoms with van der Waals surface area (Å²) in [6.45, 7) is 2.77. The van der Waals surface area contributed by atoms with Crippen molar-refractivity contribution in [2.24, 2.45) is 0 Å². The van der Waals surface area contributed by atoms with Gasteiger partial charge in [-0.05, 0) is 48.5 Å². The summed E-state index contributed by atoms with van der Waals surface area (Å²) < 4.78 is 3.80. The highest BCUT2D eigenvalue weighted by Gasteiger charge is 2.08. The summed E-state index contributed by atoms with van der Waals surface area (Å²) in [7, 11) is 0. The first-order valence-corrected chi connectivity index (χ1v) is 7.14. The standard InChI is InChI=1S/C14H12BrN3S/c1-9-5-6-16-13-12(9)17-14(19)18(13)8-10-3-2-4-11(15)7-10/h2-7H,8H2,1H3,(H,17,19). The molecule has 3 aromatic rings. The van der Waals surface area contributed by atoms with Crippen LogP contribution in [0.4, 0.5) is 0 Å². The van der Waals surface area contributed by atoms with E-state index in [9.17, 15) is 0 Å². The molecule has 3 nitrogen and oxygen atoms in total. The largest absolute Gasteiger partial charge is 0.329 e. The number of aromatic amines is 1. The van der Waals surface area contributed by atoms with E-state index in [1.807, 2.05) is 29.0 Å². The van der Waals surface area contributed by atoms with Gasteiger partial charge in [0, 0.05) is 10.7 Å². The maximum absolute atomic E-state index is 5.40. The van der Waals surface area contributed by atoms with Gasteiger partial charge in [-0.25, -0.2) is 4.98 Å². The van der Waals surface area contributed by atoms with Crippen molar-refractivity contribution in [3.05, 3.63) is 56.9 Å². The number of imidazole rings is 1. The number of benzene rings is 1. The Morgan fingerprint density at radius 2 is 2.21 bits per heavy atom. The fourth-order valence-electron chi connectivity index (χ4n) is 2.14. The van der Waals surface area contributed by atoms with Gasteiger partial charge in [-0.15, -0.1) is 0 Å². The summed E-state index contributed by atoms with van der Waals surface area (Å²) in [5, 5.41) is 0. The van der Waals surface area contributed by atoms with Crippen LogP contribution < -0.4 is 0 Å². The van der Waals surface area contributed by atoms with Gasteiger partial charge in [0.25, 0.3) is 0 Å². The van der Waals surface area contributed by atoms with Gasteiger partial charge < -0.3 is 4.98 Å². The fraction of sp³-hybridized carbons (Fsp3) is 0.143. The van der Waals surface area contributed by atoms with Gasteiger partial charge in [0.15, 0.2) is 10.4 Å². The van der Waals surface area contributed by atoms with Gasteiger partial charge in [-0.2, -0.15) is 0 Å². The van der Waals surface area contributed by atoms with Crippen LogP contribution in [0.25, 0.3) is 11.2 Å². The van der Waals surface area contributed by atoms with E-state index in [2.05, 4.69) is 45.0 Å². The third-order valence-corrected chi connectivity index (χ3v) is 3.92. The Kier molecular flexibility index (Phi) is 3.24. The number of pyridine rings is 1. The highest BCUT2D eigenvalue weighted by Crippen LogP contribution is 2.18. The second-order valence-corrected chi connectivity index (χ2v) is 5.78. The van der Waals surface area contributed by atoms with E-state index >= 15 is 0 Å². The smallest absolute Gasteiger partial charge is 0.179 e. The molecule has 0 unspecified atom stereocenters. The SMILES string of the molecule is Cc1ccnc2c1[nH]c(=S)n2Cc1cccc(Br)c1. The molecule has 0 spiro atoms. The number of rotatable bonds is 2. The van der Waals surface area contributed by atoms with Gasteiger partial charge in [0.05, 0.1) is 12.1 Å². The number of hydrogen-bond donors (Lipinski definition) is 1. The van der Waals surface area contributed by atoms with E-state index in [1.54, 1.807) is 0 Å². The first-order chi connectivity index (χ1) is 9.15. The number of nitrogens with one attached hydrogen (secondary N) is 1. The third kappa shape index (κ3) is 2.35. The highest BCUT2D eigenvalue weighted by molar-refractivity contribution is 9.10. The number of halogens is 1. The number of aromatic nitrogens is 3. The predicted molar refractivity (Wildman–Crippen MR) is 82.9 cm³/mol. The maximum atomic E-state index is 5.40. The topological polar surface area (TPSA) is 33.6 Å². The second kappa shape index (κ2) is 4.90. The van der Waals surface area contributed by atoms with Crippen molar-refractivity contribution in [1.82, 2.24) is 14.5 Å². The minimum Gasteiger partial charge on any atom is -0.329 e. The second-order valence-electron chi connectivity index (χ2n) is 4.47. The minimum atomic E-state index is 0.705. The molecular weight excluding hydrogens is 322 g/mol. The van der Waals surface area contributed by atoms with Gasteiger partial charge >= 0.3 is 0 Å². The Morgan fingerprint density at radius 3 is 3.00 bits per heavy atom. The molecule has 0 saturated carbocycles. The molecule has 0 aliphatic carbocycles. The molecule has 0 aliphatic rings. The number of H-pyrrole nitrogens is 1. The molecule has 0 fully saturated rings. The van der Waals surface area contributed by atoms with Crippen molar-refractivity contribution < 1.29 is 0 Å². The van der Waals surface area contributed by atoms with Crippen molar-refractivity contribution in [2.75, 3.05) is 0 Å². The highest BCUT2D eigenvalue weighted by atomic mass is 79.9. The fourth-order valence-corrected chi connectivity index (χ4v) is 2.84. The lowest BCUT2D eigenvalue weighted by Gasteiger charge is -2.05. The summed E-state index contributed by atoms with van der Waals surface area (Å²) in [5.74, 6) is 0. The molecule has 1 aromatic carbocycles. The Bertz CT molecular complexity index is 804. The molecule has 5 heteroatoms. The zero-order chi connectivity index (χ0) is 13.4. The molecule has 2 heterocycles. The van der Waals surface area contributed by atoms with Gasteiger partial charge in [-0.1, -0.05) is 28.1 Å². The average Bonchev–Trinajstić information content (AvgIpc) is 2.69. The molecule has 0 saturated heterocycles. The maximum Gasteiger partial charge on any atom is 0.179 e. The summed E-state index contributed by atoms with van der Waals surface area (Å²) in [5.41, 5.74) is 4.27. The van der Waals surface area contributed by atoms with Crippen molar-refractivity contribution in [3.63, 3.8) is 0 Å². The molecule has 0 aliphatic heterocycles. The van der Waals surface area contributed by atoms with Crippen LogP contribution in [0.1, 0.15) is 11.1 Å². The van der Waals surface area contributed by atoms with Gasteiger partial charge in [-0.3, -0.25) is 4.57 Å². The van der Waals surface area contributed by atoms with Crippen molar-refractivity contribution in [1.29, 1.82) is 0 Å². The average molecular weight is 334 g/mol. The van der Waals surface area contributed by atoms with Crippen LogP contribution in [0.5, 0.6) is 0 Å². The number of aryl methyl sites for hydroxylation is 1. The van der Waals surface area contributed by atoms with E-state index in [0.29, 0.717) is 11.3 Å². The van der Waals surface area contributed by atoms with Crippen LogP contribution in [0.3, 0.4) is 0 Å². The molecule has 0 bridgehead atoms. The molecule has 0 amide bonds. The molecule has 1 N–H and O–H groups in total. The van der Waals surface area contributed by atoms with Crippen LogP contribution in [-0.4, -0.2) is 14.5 Å². The summed E-state index contributed by atoms with van der Waals surface area (Å²) in [6.07, 6.45) is 1.82. The van der Waals surface area contributed by atoms with E-state index in [0.717, 1.165) is 21.2 Å². The monoisotopic (exact) mass is 333 g/mol. The van der Waals surface area contributed by atoms with Gasteiger partial charge in [0.2, 0.25) is 0 Å². The van der Waals surface area contributed by atoms with Crippen molar-refractivity contribution in [3.8, 4) is 0 Å². The Morgan fingerprint density at radius 1 is 1.37 bits per heavy atom. The summed E-state index contributed by atoms with van der Waals surface area (Å²) in [6, 6.07) is 10.2. The molecule has 2 aromatic heterocycles. The van der Waals surface area contributed by atoms with E-state index in [1.165, 1.54) is 5.56 Å². The lowest BCUT2D eigenvalue weighted by Crippen LogP contribution is -2.00. The van der Waals surface area contributed by atoms with Crippen LogP contribution in [0, 0.1) is 11.7 Å². The lowest BCUT2D eigenvalue weighted by atomic mass is 10.2.